The Labute approximate surface area is 355 Å². The number of fused-ring (bicyclic) bond motifs is 4. The molecule has 0 saturated carbocycles. The minimum Gasteiger partial charge on any atom is -0.310 e. The molecule has 0 unspecified atom stereocenters. The van der Waals surface area contributed by atoms with Crippen LogP contribution in [0.2, 0.25) is 0 Å². The van der Waals surface area contributed by atoms with Crippen molar-refractivity contribution in [3.8, 4) is 45.0 Å². The quantitative estimate of drug-likeness (QED) is 0.153. The summed E-state index contributed by atoms with van der Waals surface area (Å²) in [6.45, 7) is 4.28. The van der Waals surface area contributed by atoms with E-state index in [2.05, 4.69) is 246 Å². The Bertz CT molecular complexity index is 3260. The maximum absolute atomic E-state index is 5.15. The van der Waals surface area contributed by atoms with Gasteiger partial charge < -0.3 is 9.47 Å². The van der Waals surface area contributed by atoms with Crippen LogP contribution in [0.4, 0.5) is 17.1 Å². The summed E-state index contributed by atoms with van der Waals surface area (Å²) < 4.78 is 4.65. The Kier molecular flexibility index (Phi) is 8.90. The van der Waals surface area contributed by atoms with Crippen LogP contribution in [0.3, 0.4) is 0 Å². The Morgan fingerprint density at radius 2 is 0.869 bits per heavy atom. The number of aromatic nitrogens is 3. The number of imidazole rings is 1. The number of hydrogen-bond acceptors (Lipinski definition) is 2. The molecule has 290 valence electrons. The lowest BCUT2D eigenvalue weighted by Gasteiger charge is -2.27. The molecule has 0 amide bonds. The third-order valence-electron chi connectivity index (χ3n) is 11.8. The van der Waals surface area contributed by atoms with Crippen molar-refractivity contribution in [2.24, 2.45) is 0 Å². The molecule has 0 saturated heterocycles. The van der Waals surface area contributed by atoms with Gasteiger partial charge in [-0.2, -0.15) is 0 Å². The summed E-state index contributed by atoms with van der Waals surface area (Å²) in [6.07, 6.45) is 0. The number of aryl methyl sites for hydroxylation is 2. The van der Waals surface area contributed by atoms with E-state index >= 15 is 0 Å². The van der Waals surface area contributed by atoms with Gasteiger partial charge >= 0.3 is 0 Å². The fraction of sp³-hybridized carbons (Fsp3) is 0.0351. The zero-order chi connectivity index (χ0) is 40.9. The Balaban J connectivity index is 1.09. The Morgan fingerprint density at radius 3 is 1.51 bits per heavy atom. The van der Waals surface area contributed by atoms with Crippen molar-refractivity contribution in [2.45, 2.75) is 13.8 Å². The zero-order valence-electron chi connectivity index (χ0n) is 34.1. The molecule has 4 nitrogen and oxygen atoms in total. The first-order valence-corrected chi connectivity index (χ1v) is 20.9. The normalized spacial score (nSPS) is 11.4. The van der Waals surface area contributed by atoms with Crippen LogP contribution in [0.1, 0.15) is 11.1 Å². The predicted molar refractivity (Wildman–Crippen MR) is 256 cm³/mol. The molecule has 2 aromatic heterocycles. The van der Waals surface area contributed by atoms with Crippen molar-refractivity contribution in [2.75, 3.05) is 4.90 Å². The highest BCUT2D eigenvalue weighted by atomic mass is 15.1. The topological polar surface area (TPSA) is 26.0 Å². The van der Waals surface area contributed by atoms with Gasteiger partial charge in [0.1, 0.15) is 5.82 Å². The lowest BCUT2D eigenvalue weighted by atomic mass is 9.96. The van der Waals surface area contributed by atoms with E-state index in [1.807, 2.05) is 0 Å². The fourth-order valence-electron chi connectivity index (χ4n) is 8.80. The minimum atomic E-state index is 0.917. The number of anilines is 3. The first-order valence-electron chi connectivity index (χ1n) is 20.9. The van der Waals surface area contributed by atoms with Crippen molar-refractivity contribution < 1.29 is 0 Å². The molecule has 0 atom stereocenters. The van der Waals surface area contributed by atoms with Gasteiger partial charge in [-0.25, -0.2) is 4.98 Å². The number of hydrogen-bond donors (Lipinski definition) is 0. The fourth-order valence-corrected chi connectivity index (χ4v) is 8.80. The van der Waals surface area contributed by atoms with Crippen molar-refractivity contribution in [1.29, 1.82) is 0 Å². The molecular weight excluding hydrogens is 741 g/mol. The maximum Gasteiger partial charge on any atom is 0.145 e. The van der Waals surface area contributed by atoms with Crippen LogP contribution in [0.25, 0.3) is 77.9 Å². The monoisotopic (exact) mass is 782 g/mol. The standard InChI is InChI=1S/C57H42N4/c1-39-23-31-47(32-24-39)59(48-33-25-40(2)26-34-48)50-37-44(41-27-29-42(30-28-41)57-58-53-19-8-11-22-56(53)61(57)46-14-4-3-5-15-46)35-45(38-50)43-13-12-16-49(36-43)60-54-20-9-6-17-51(54)52-18-7-10-21-55(52)60/h3-38H,1-2H3. The molecule has 2 heterocycles. The predicted octanol–water partition coefficient (Wildman–Crippen LogP) is 15.2. The van der Waals surface area contributed by atoms with E-state index in [0.29, 0.717) is 0 Å². The van der Waals surface area contributed by atoms with Crippen LogP contribution in [0, 0.1) is 13.8 Å². The third-order valence-corrected chi connectivity index (χ3v) is 11.8. The molecule has 0 fully saturated rings. The molecule has 11 rings (SSSR count). The van der Waals surface area contributed by atoms with Gasteiger partial charge in [-0.3, -0.25) is 4.57 Å². The largest absolute Gasteiger partial charge is 0.310 e. The second-order valence-electron chi connectivity index (χ2n) is 15.9. The van der Waals surface area contributed by atoms with Gasteiger partial charge in [0.15, 0.2) is 0 Å². The van der Waals surface area contributed by atoms with Crippen LogP contribution in [0.15, 0.2) is 218 Å². The van der Waals surface area contributed by atoms with Gasteiger partial charge in [0.2, 0.25) is 0 Å². The van der Waals surface area contributed by atoms with Crippen molar-refractivity contribution in [3.05, 3.63) is 230 Å². The summed E-state index contributed by atoms with van der Waals surface area (Å²) in [4.78, 5) is 7.53. The second kappa shape index (κ2) is 15.0. The molecule has 0 aliphatic rings. The van der Waals surface area contributed by atoms with Crippen molar-refractivity contribution >= 4 is 49.9 Å². The molecule has 0 bridgehead atoms. The Morgan fingerprint density at radius 1 is 0.344 bits per heavy atom. The van der Waals surface area contributed by atoms with E-state index in [9.17, 15) is 0 Å². The molecule has 0 radical (unpaired) electrons. The SMILES string of the molecule is Cc1ccc(N(c2ccc(C)cc2)c2cc(-c3ccc(-c4nc5ccccc5n4-c4ccccc4)cc3)cc(-c3cccc(-n4c5ccccc5c5ccccc54)c3)c2)cc1. The molecular formula is C57H42N4. The average molecular weight is 783 g/mol. The summed E-state index contributed by atoms with van der Waals surface area (Å²) in [6, 6.07) is 78.8. The van der Waals surface area contributed by atoms with Gasteiger partial charge in [0.05, 0.1) is 22.1 Å². The van der Waals surface area contributed by atoms with E-state index in [-0.39, 0.29) is 0 Å². The average Bonchev–Trinajstić information content (AvgIpc) is 3.87. The number of benzene rings is 9. The molecule has 0 N–H and O–H groups in total. The molecule has 0 aliphatic carbocycles. The van der Waals surface area contributed by atoms with Crippen LogP contribution in [-0.2, 0) is 0 Å². The summed E-state index contributed by atoms with van der Waals surface area (Å²) in [5.41, 5.74) is 18.0. The van der Waals surface area contributed by atoms with E-state index in [1.165, 1.54) is 32.9 Å². The van der Waals surface area contributed by atoms with Crippen LogP contribution in [-0.4, -0.2) is 14.1 Å². The molecule has 4 heteroatoms. The highest BCUT2D eigenvalue weighted by molar-refractivity contribution is 6.09. The number of rotatable bonds is 8. The van der Waals surface area contributed by atoms with Gasteiger partial charge in [-0.05, 0) is 127 Å². The maximum atomic E-state index is 5.15. The van der Waals surface area contributed by atoms with Crippen molar-refractivity contribution in [3.63, 3.8) is 0 Å². The third kappa shape index (κ3) is 6.55. The van der Waals surface area contributed by atoms with Gasteiger partial charge in [0, 0.05) is 44.8 Å². The van der Waals surface area contributed by atoms with Crippen LogP contribution >= 0.6 is 0 Å². The molecule has 11 aromatic rings. The molecule has 9 aromatic carbocycles. The van der Waals surface area contributed by atoms with Crippen molar-refractivity contribution in [1.82, 2.24) is 14.1 Å². The summed E-state index contributed by atoms with van der Waals surface area (Å²) in [7, 11) is 0. The van der Waals surface area contributed by atoms with E-state index in [4.69, 9.17) is 4.98 Å². The summed E-state index contributed by atoms with van der Waals surface area (Å²) in [5.74, 6) is 0.917. The molecule has 0 aliphatic heterocycles. The highest BCUT2D eigenvalue weighted by Gasteiger charge is 2.19. The minimum absolute atomic E-state index is 0.917. The first-order chi connectivity index (χ1) is 30.1. The van der Waals surface area contributed by atoms with Gasteiger partial charge in [-0.15, -0.1) is 0 Å². The summed E-state index contributed by atoms with van der Waals surface area (Å²) in [5, 5.41) is 2.50. The van der Waals surface area contributed by atoms with Crippen LogP contribution < -0.4 is 4.90 Å². The van der Waals surface area contributed by atoms with E-state index in [0.717, 1.165) is 73.1 Å². The smallest absolute Gasteiger partial charge is 0.145 e. The van der Waals surface area contributed by atoms with E-state index < -0.39 is 0 Å². The second-order valence-corrected chi connectivity index (χ2v) is 15.9. The summed E-state index contributed by atoms with van der Waals surface area (Å²) >= 11 is 0. The lowest BCUT2D eigenvalue weighted by molar-refractivity contribution is 1.10. The zero-order valence-corrected chi connectivity index (χ0v) is 34.1. The molecule has 0 spiro atoms. The van der Waals surface area contributed by atoms with Crippen LogP contribution in [0.5, 0.6) is 0 Å². The number of nitrogens with zero attached hydrogens (tertiary/aromatic N) is 4. The highest BCUT2D eigenvalue weighted by Crippen LogP contribution is 2.41. The van der Waals surface area contributed by atoms with Gasteiger partial charge in [-0.1, -0.05) is 139 Å². The van der Waals surface area contributed by atoms with Gasteiger partial charge in [0.25, 0.3) is 0 Å². The van der Waals surface area contributed by atoms with E-state index in [1.54, 1.807) is 0 Å². The Hall–Kier alpha value is -7.95. The first kappa shape index (κ1) is 36.2. The lowest BCUT2D eigenvalue weighted by Crippen LogP contribution is -2.10. The number of para-hydroxylation sites is 5. The molecule has 61 heavy (non-hydrogen) atoms.